The van der Waals surface area contributed by atoms with E-state index in [9.17, 15) is 5.11 Å². The molecule has 2 aromatic heterocycles. The maximum absolute atomic E-state index is 15.5. The van der Waals surface area contributed by atoms with Crippen LogP contribution in [-0.4, -0.2) is 47.1 Å². The summed E-state index contributed by atoms with van der Waals surface area (Å²) in [7, 11) is 0. The van der Waals surface area contributed by atoms with Crippen molar-refractivity contribution in [3.8, 4) is 22.8 Å². The van der Waals surface area contributed by atoms with E-state index < -0.39 is 11.7 Å². The molecule has 2 fully saturated rings. The molecule has 32 heavy (non-hydrogen) atoms. The van der Waals surface area contributed by atoms with Gasteiger partial charge in [-0.1, -0.05) is 6.58 Å². The predicted octanol–water partition coefficient (Wildman–Crippen LogP) is 4.09. The standard InChI is InChI=1S/C24H27FN6O/c1-15(18-12-23(2)7-4-8-24(3,30-23)21(18)25)19-13-27-22(29-28-19)17-6-5-16(11-20(17)32)31-10-9-26-14-31/h5-6,9-11,13-14,18,21,30,32H,1,4,7-8,12H2,2-3H3/t18-,21+,23+,24-/m0/s1. The second-order valence-electron chi connectivity index (χ2n) is 9.53. The van der Waals surface area contributed by atoms with Crippen LogP contribution in [-0.2, 0) is 0 Å². The van der Waals surface area contributed by atoms with Crippen LogP contribution < -0.4 is 5.32 Å². The van der Waals surface area contributed by atoms with Crippen molar-refractivity contribution >= 4 is 5.57 Å². The van der Waals surface area contributed by atoms with E-state index in [1.807, 2.05) is 13.0 Å². The summed E-state index contributed by atoms with van der Waals surface area (Å²) in [5, 5.41) is 22.5. The number of aromatic hydroxyl groups is 1. The van der Waals surface area contributed by atoms with E-state index in [4.69, 9.17) is 0 Å². The zero-order chi connectivity index (χ0) is 22.5. The highest BCUT2D eigenvalue weighted by molar-refractivity contribution is 5.67. The lowest BCUT2D eigenvalue weighted by atomic mass is 9.64. The number of rotatable bonds is 4. The van der Waals surface area contributed by atoms with E-state index in [0.717, 1.165) is 24.9 Å². The van der Waals surface area contributed by atoms with Crippen LogP contribution in [0.15, 0.2) is 49.7 Å². The molecular weight excluding hydrogens is 407 g/mol. The van der Waals surface area contributed by atoms with Crippen molar-refractivity contribution in [1.82, 2.24) is 30.0 Å². The average Bonchev–Trinajstić information content (AvgIpc) is 3.31. The van der Waals surface area contributed by atoms with Gasteiger partial charge in [-0.2, -0.15) is 0 Å². The summed E-state index contributed by atoms with van der Waals surface area (Å²) in [6.45, 7) is 8.32. The molecule has 0 amide bonds. The van der Waals surface area contributed by atoms with Crippen LogP contribution in [0.1, 0.15) is 45.2 Å². The maximum atomic E-state index is 15.5. The molecule has 0 saturated carbocycles. The monoisotopic (exact) mass is 434 g/mol. The topological polar surface area (TPSA) is 88.8 Å². The summed E-state index contributed by atoms with van der Waals surface area (Å²) in [4.78, 5) is 8.41. The molecule has 7 nitrogen and oxygen atoms in total. The first kappa shape index (κ1) is 20.8. The van der Waals surface area contributed by atoms with Gasteiger partial charge in [0.25, 0.3) is 0 Å². The molecule has 2 N–H and O–H groups in total. The minimum Gasteiger partial charge on any atom is -0.507 e. The van der Waals surface area contributed by atoms with E-state index in [1.54, 1.807) is 41.6 Å². The van der Waals surface area contributed by atoms with Gasteiger partial charge in [0.1, 0.15) is 17.6 Å². The Morgan fingerprint density at radius 3 is 2.81 bits per heavy atom. The van der Waals surface area contributed by atoms with Gasteiger partial charge in [-0.15, -0.1) is 10.2 Å². The zero-order valence-electron chi connectivity index (χ0n) is 18.3. The number of halogens is 1. The molecule has 0 spiro atoms. The Morgan fingerprint density at radius 1 is 1.28 bits per heavy atom. The Morgan fingerprint density at radius 2 is 2.12 bits per heavy atom. The Bertz CT molecular complexity index is 1150. The van der Waals surface area contributed by atoms with E-state index in [-0.39, 0.29) is 17.2 Å². The number of hydrogen-bond acceptors (Lipinski definition) is 6. The molecule has 2 saturated heterocycles. The van der Waals surface area contributed by atoms with Gasteiger partial charge < -0.3 is 15.0 Å². The van der Waals surface area contributed by atoms with Crippen LogP contribution in [0.25, 0.3) is 22.6 Å². The van der Waals surface area contributed by atoms with Crippen molar-refractivity contribution < 1.29 is 9.50 Å². The van der Waals surface area contributed by atoms with Gasteiger partial charge >= 0.3 is 0 Å². The van der Waals surface area contributed by atoms with Gasteiger partial charge in [0.05, 0.1) is 23.8 Å². The molecular formula is C24H27FN6O. The number of nitrogens with zero attached hydrogens (tertiary/aromatic N) is 5. The smallest absolute Gasteiger partial charge is 0.185 e. The maximum Gasteiger partial charge on any atom is 0.185 e. The Labute approximate surface area is 186 Å². The van der Waals surface area contributed by atoms with Crippen molar-refractivity contribution in [1.29, 1.82) is 0 Å². The highest BCUT2D eigenvalue weighted by Crippen LogP contribution is 2.47. The summed E-state index contributed by atoms with van der Waals surface area (Å²) >= 11 is 0. The number of allylic oxidation sites excluding steroid dienone is 1. The van der Waals surface area contributed by atoms with Crippen LogP contribution in [0.5, 0.6) is 5.75 Å². The molecule has 2 aliphatic heterocycles. The number of phenolic OH excluding ortho intramolecular Hbond substituents is 1. The molecule has 4 atom stereocenters. The Hall–Kier alpha value is -3.13. The summed E-state index contributed by atoms with van der Waals surface area (Å²) in [5.74, 6) is 0.00549. The zero-order valence-corrected chi connectivity index (χ0v) is 18.3. The van der Waals surface area contributed by atoms with E-state index in [1.165, 1.54) is 0 Å². The van der Waals surface area contributed by atoms with Crippen LogP contribution in [0.2, 0.25) is 0 Å². The van der Waals surface area contributed by atoms with Crippen molar-refractivity contribution in [2.75, 3.05) is 0 Å². The lowest BCUT2D eigenvalue weighted by molar-refractivity contribution is -0.00602. The molecule has 2 aliphatic rings. The van der Waals surface area contributed by atoms with E-state index in [2.05, 4.69) is 39.0 Å². The van der Waals surface area contributed by atoms with Crippen LogP contribution >= 0.6 is 0 Å². The number of nitrogens with one attached hydrogen (secondary N) is 1. The molecule has 1 aromatic carbocycles. The van der Waals surface area contributed by atoms with Crippen molar-refractivity contribution in [2.45, 2.75) is 56.8 Å². The van der Waals surface area contributed by atoms with Gasteiger partial charge in [-0.25, -0.2) is 14.4 Å². The van der Waals surface area contributed by atoms with Crippen LogP contribution in [0.4, 0.5) is 4.39 Å². The molecule has 3 aromatic rings. The van der Waals surface area contributed by atoms with Crippen molar-refractivity contribution in [2.24, 2.45) is 5.92 Å². The Balaban J connectivity index is 1.38. The fourth-order valence-corrected chi connectivity index (χ4v) is 5.37. The third-order valence-corrected chi connectivity index (χ3v) is 7.01. The van der Waals surface area contributed by atoms with Crippen molar-refractivity contribution in [3.05, 3.63) is 55.4 Å². The van der Waals surface area contributed by atoms with Crippen molar-refractivity contribution in [3.63, 3.8) is 0 Å². The van der Waals surface area contributed by atoms with Gasteiger partial charge in [0.2, 0.25) is 0 Å². The van der Waals surface area contributed by atoms with Gasteiger partial charge in [-0.3, -0.25) is 0 Å². The largest absolute Gasteiger partial charge is 0.507 e. The molecule has 8 heteroatoms. The lowest BCUT2D eigenvalue weighted by Crippen LogP contribution is -2.68. The molecule has 4 heterocycles. The fourth-order valence-electron chi connectivity index (χ4n) is 5.37. The molecule has 0 aliphatic carbocycles. The first-order valence-corrected chi connectivity index (χ1v) is 10.9. The van der Waals surface area contributed by atoms with Gasteiger partial charge in [-0.05, 0) is 57.2 Å². The lowest BCUT2D eigenvalue weighted by Gasteiger charge is -2.55. The number of fused-ring (bicyclic) bond motifs is 2. The first-order chi connectivity index (χ1) is 15.3. The SMILES string of the molecule is C=C(c1cnc(-c2ccc(-n3ccnc3)cc2O)nn1)[C@@H]1C[C@@]2(C)CCC[C@](C)(N2)[C@@H]1F. The third kappa shape index (κ3) is 3.48. The number of alkyl halides is 1. The number of piperidine rings is 2. The minimum absolute atomic E-state index is 0.0421. The number of imidazole rings is 1. The molecule has 166 valence electrons. The van der Waals surface area contributed by atoms with Crippen LogP contribution in [0, 0.1) is 5.92 Å². The van der Waals surface area contributed by atoms with E-state index >= 15 is 4.39 Å². The molecule has 0 radical (unpaired) electrons. The number of phenols is 1. The second-order valence-corrected chi connectivity index (χ2v) is 9.53. The van der Waals surface area contributed by atoms with Gasteiger partial charge in [0.15, 0.2) is 5.82 Å². The first-order valence-electron chi connectivity index (χ1n) is 10.9. The normalized spacial score (nSPS) is 29.6. The minimum atomic E-state index is -1.05. The fraction of sp³-hybridized carbons (Fsp3) is 0.417. The average molecular weight is 435 g/mol. The quantitative estimate of drug-likeness (QED) is 0.643. The molecule has 2 bridgehead atoms. The summed E-state index contributed by atoms with van der Waals surface area (Å²) < 4.78 is 17.3. The number of hydrogen-bond donors (Lipinski definition) is 2. The highest BCUT2D eigenvalue weighted by atomic mass is 19.1. The summed E-state index contributed by atoms with van der Waals surface area (Å²) in [5.41, 5.74) is 1.70. The predicted molar refractivity (Wildman–Crippen MR) is 120 cm³/mol. The summed E-state index contributed by atoms with van der Waals surface area (Å²) in [6, 6.07) is 5.20. The van der Waals surface area contributed by atoms with Gasteiger partial charge in [0, 0.05) is 35.5 Å². The highest BCUT2D eigenvalue weighted by Gasteiger charge is 2.53. The Kier molecular flexibility index (Phi) is 4.85. The number of aromatic nitrogens is 5. The van der Waals surface area contributed by atoms with E-state index in [0.29, 0.717) is 29.1 Å². The number of benzene rings is 1. The molecule has 0 unspecified atom stereocenters. The van der Waals surface area contributed by atoms with Crippen LogP contribution in [0.3, 0.4) is 0 Å². The molecule has 5 rings (SSSR count). The third-order valence-electron chi connectivity index (χ3n) is 7.01. The second kappa shape index (κ2) is 7.48. The summed E-state index contributed by atoms with van der Waals surface area (Å²) in [6.07, 6.45) is 9.17.